The topological polar surface area (TPSA) is 67.9 Å². The van der Waals surface area contributed by atoms with Gasteiger partial charge in [0.25, 0.3) is 0 Å². The van der Waals surface area contributed by atoms with Gasteiger partial charge in [-0.2, -0.15) is 0 Å². The number of carbonyl (C=O) groups is 2. The highest BCUT2D eigenvalue weighted by atomic mass is 16.5. The molecule has 1 heterocycles. The van der Waals surface area contributed by atoms with E-state index in [-0.39, 0.29) is 18.0 Å². The first-order chi connectivity index (χ1) is 22.6. The zero-order valence-electron chi connectivity index (χ0n) is 31.1. The summed E-state index contributed by atoms with van der Waals surface area (Å²) in [6.45, 7) is 9.48. The van der Waals surface area contributed by atoms with Gasteiger partial charge < -0.3 is 19.7 Å². The fraction of sp³-hybridized carbons (Fsp3) is 0.950. The van der Waals surface area contributed by atoms with Crippen LogP contribution in [0.1, 0.15) is 200 Å². The third kappa shape index (κ3) is 26.9. The molecule has 46 heavy (non-hydrogen) atoms. The van der Waals surface area contributed by atoms with Gasteiger partial charge in [0.2, 0.25) is 0 Å². The van der Waals surface area contributed by atoms with Gasteiger partial charge in [-0.05, 0) is 96.8 Å². The molecule has 272 valence electrons. The van der Waals surface area contributed by atoms with Gasteiger partial charge >= 0.3 is 11.9 Å². The molecule has 0 aromatic rings. The summed E-state index contributed by atoms with van der Waals surface area (Å²) in [6, 6.07) is 0.643. The highest BCUT2D eigenvalue weighted by Gasteiger charge is 2.15. The maximum Gasteiger partial charge on any atom is 0.306 e. The molecule has 1 atom stereocenters. The number of esters is 2. The number of rotatable bonds is 34. The van der Waals surface area contributed by atoms with E-state index in [4.69, 9.17) is 9.47 Å². The molecule has 0 radical (unpaired) electrons. The second kappa shape index (κ2) is 32.4. The standard InChI is InChI=1S/C40H78N2O4/c1-4-6-8-20-29-38(30-21-9-7-5-2)46-40(44)32-23-17-13-11-15-19-28-37(41-33-26-36-42-34-24-25-35-42)27-18-14-10-12-16-22-31-39(43)45-3/h37-38,41H,4-36H2,1-3H3. The van der Waals surface area contributed by atoms with E-state index in [1.54, 1.807) is 0 Å². The van der Waals surface area contributed by atoms with Crippen molar-refractivity contribution in [1.82, 2.24) is 10.2 Å². The maximum atomic E-state index is 12.6. The highest BCUT2D eigenvalue weighted by Crippen LogP contribution is 2.18. The van der Waals surface area contributed by atoms with Gasteiger partial charge in [0.15, 0.2) is 0 Å². The Hall–Kier alpha value is -1.14. The lowest BCUT2D eigenvalue weighted by Crippen LogP contribution is -2.32. The van der Waals surface area contributed by atoms with Crippen LogP contribution in [0.2, 0.25) is 0 Å². The van der Waals surface area contributed by atoms with Gasteiger partial charge in [0, 0.05) is 18.9 Å². The van der Waals surface area contributed by atoms with E-state index >= 15 is 0 Å². The Morgan fingerprint density at radius 3 is 1.57 bits per heavy atom. The quantitative estimate of drug-likeness (QED) is 0.0552. The van der Waals surface area contributed by atoms with E-state index in [0.29, 0.717) is 18.9 Å². The number of carbonyl (C=O) groups excluding carboxylic acids is 2. The molecular formula is C40H78N2O4. The molecule has 0 saturated carbocycles. The van der Waals surface area contributed by atoms with E-state index in [1.165, 1.54) is 162 Å². The second-order valence-corrected chi connectivity index (χ2v) is 14.3. The number of likely N-dealkylation sites (tertiary alicyclic amines) is 1. The average molecular weight is 651 g/mol. The smallest absolute Gasteiger partial charge is 0.306 e. The van der Waals surface area contributed by atoms with E-state index in [1.807, 2.05) is 0 Å². The van der Waals surface area contributed by atoms with Crippen molar-refractivity contribution in [2.75, 3.05) is 33.3 Å². The van der Waals surface area contributed by atoms with Gasteiger partial charge in [-0.1, -0.05) is 117 Å². The Kier molecular flexibility index (Phi) is 30.2. The minimum atomic E-state index is -0.0800. The maximum absolute atomic E-state index is 12.6. The Balaban J connectivity index is 2.20. The van der Waals surface area contributed by atoms with Crippen LogP contribution in [0.3, 0.4) is 0 Å². The number of nitrogens with one attached hydrogen (secondary N) is 1. The van der Waals surface area contributed by atoms with Crippen LogP contribution >= 0.6 is 0 Å². The Labute approximate surface area is 286 Å². The number of ether oxygens (including phenoxy) is 2. The normalized spacial score (nSPS) is 14.3. The van der Waals surface area contributed by atoms with Crippen LogP contribution in [-0.4, -0.2) is 62.3 Å². The second-order valence-electron chi connectivity index (χ2n) is 14.3. The molecule has 1 aliphatic rings. The molecule has 1 unspecified atom stereocenters. The number of hydrogen-bond acceptors (Lipinski definition) is 6. The number of methoxy groups -OCH3 is 1. The Morgan fingerprint density at radius 2 is 1.04 bits per heavy atom. The van der Waals surface area contributed by atoms with Crippen molar-refractivity contribution in [3.8, 4) is 0 Å². The molecule has 0 aromatic heterocycles. The van der Waals surface area contributed by atoms with E-state index in [2.05, 4.69) is 24.1 Å². The molecule has 0 amide bonds. The molecule has 1 fully saturated rings. The third-order valence-corrected chi connectivity index (χ3v) is 9.93. The number of nitrogens with zero attached hydrogens (tertiary/aromatic N) is 1. The SMILES string of the molecule is CCCCCCC(CCCCCC)OC(=O)CCCCCCCCC(CCCCCCCCC(=O)OC)NCCCN1CCCC1. The van der Waals surface area contributed by atoms with Crippen LogP contribution in [0, 0.1) is 0 Å². The molecule has 0 bridgehead atoms. The van der Waals surface area contributed by atoms with Gasteiger partial charge in [-0.3, -0.25) is 9.59 Å². The summed E-state index contributed by atoms with van der Waals surface area (Å²) >= 11 is 0. The summed E-state index contributed by atoms with van der Waals surface area (Å²) in [6.07, 6.45) is 34.3. The van der Waals surface area contributed by atoms with Gasteiger partial charge in [0.1, 0.15) is 6.10 Å². The van der Waals surface area contributed by atoms with Crippen LogP contribution in [0.15, 0.2) is 0 Å². The number of hydrogen-bond donors (Lipinski definition) is 1. The summed E-state index contributed by atoms with van der Waals surface area (Å²) in [4.78, 5) is 26.5. The predicted octanol–water partition coefficient (Wildman–Crippen LogP) is 10.7. The minimum Gasteiger partial charge on any atom is -0.469 e. The van der Waals surface area contributed by atoms with Crippen molar-refractivity contribution in [1.29, 1.82) is 0 Å². The van der Waals surface area contributed by atoms with Crippen molar-refractivity contribution >= 4 is 11.9 Å². The van der Waals surface area contributed by atoms with E-state index < -0.39 is 0 Å². The number of unbranched alkanes of at least 4 members (excludes halogenated alkanes) is 16. The average Bonchev–Trinajstić information content (AvgIpc) is 3.58. The van der Waals surface area contributed by atoms with Crippen LogP contribution in [0.25, 0.3) is 0 Å². The molecule has 1 aliphatic heterocycles. The van der Waals surface area contributed by atoms with Crippen molar-refractivity contribution in [3.63, 3.8) is 0 Å². The summed E-state index contributed by atoms with van der Waals surface area (Å²) in [5.41, 5.74) is 0. The van der Waals surface area contributed by atoms with E-state index in [0.717, 1.165) is 45.1 Å². The van der Waals surface area contributed by atoms with Crippen molar-refractivity contribution < 1.29 is 19.1 Å². The molecule has 1 N–H and O–H groups in total. The van der Waals surface area contributed by atoms with Crippen LogP contribution in [0.4, 0.5) is 0 Å². The molecule has 6 heteroatoms. The van der Waals surface area contributed by atoms with Crippen molar-refractivity contribution in [2.24, 2.45) is 0 Å². The first-order valence-electron chi connectivity index (χ1n) is 20.3. The molecule has 6 nitrogen and oxygen atoms in total. The molecule has 1 saturated heterocycles. The molecule has 1 rings (SSSR count). The van der Waals surface area contributed by atoms with E-state index in [9.17, 15) is 9.59 Å². The van der Waals surface area contributed by atoms with Crippen LogP contribution < -0.4 is 5.32 Å². The summed E-state index contributed by atoms with van der Waals surface area (Å²) in [5, 5.41) is 3.92. The largest absolute Gasteiger partial charge is 0.469 e. The zero-order chi connectivity index (χ0) is 33.3. The van der Waals surface area contributed by atoms with Crippen molar-refractivity contribution in [2.45, 2.75) is 212 Å². The lowest BCUT2D eigenvalue weighted by Gasteiger charge is -2.20. The fourth-order valence-corrected chi connectivity index (χ4v) is 6.90. The lowest BCUT2D eigenvalue weighted by molar-refractivity contribution is -0.150. The van der Waals surface area contributed by atoms with Gasteiger partial charge in [-0.25, -0.2) is 0 Å². The first-order valence-corrected chi connectivity index (χ1v) is 20.3. The summed E-state index contributed by atoms with van der Waals surface area (Å²) in [5.74, 6) is -0.0422. The first kappa shape index (κ1) is 42.9. The highest BCUT2D eigenvalue weighted by molar-refractivity contribution is 5.69. The van der Waals surface area contributed by atoms with Gasteiger partial charge in [0.05, 0.1) is 7.11 Å². The summed E-state index contributed by atoms with van der Waals surface area (Å²) < 4.78 is 10.7. The van der Waals surface area contributed by atoms with Crippen LogP contribution in [0.5, 0.6) is 0 Å². The Bertz CT molecular complexity index is 670. The van der Waals surface area contributed by atoms with Gasteiger partial charge in [-0.15, -0.1) is 0 Å². The molecule has 0 aliphatic carbocycles. The Morgan fingerprint density at radius 1 is 0.587 bits per heavy atom. The predicted molar refractivity (Wildman–Crippen MR) is 195 cm³/mol. The third-order valence-electron chi connectivity index (χ3n) is 9.93. The fourth-order valence-electron chi connectivity index (χ4n) is 6.90. The molecular weight excluding hydrogens is 572 g/mol. The van der Waals surface area contributed by atoms with Crippen molar-refractivity contribution in [3.05, 3.63) is 0 Å². The lowest BCUT2D eigenvalue weighted by atomic mass is 9.99. The zero-order valence-corrected chi connectivity index (χ0v) is 31.1. The van der Waals surface area contributed by atoms with Crippen LogP contribution in [-0.2, 0) is 19.1 Å². The molecule has 0 spiro atoms. The monoisotopic (exact) mass is 651 g/mol. The summed E-state index contributed by atoms with van der Waals surface area (Å²) in [7, 11) is 1.47. The minimum absolute atomic E-state index is 0.0378. The molecule has 0 aromatic carbocycles.